The molecule has 2 rings (SSSR count). The second kappa shape index (κ2) is 7.11. The van der Waals surface area contributed by atoms with Gasteiger partial charge in [-0.15, -0.1) is 0 Å². The summed E-state index contributed by atoms with van der Waals surface area (Å²) in [6, 6.07) is 7.58. The number of anilines is 1. The number of aryl methyl sites for hydroxylation is 2. The van der Waals surface area contributed by atoms with Gasteiger partial charge < -0.3 is 10.1 Å². The standard InChI is InChI=1S/C17H23N3O2/c1-12(2)10-20-16(7-8-18-20)19-17(21)11-22-15-6-5-13(3)14(4)9-15/h5-9,12H,10-11H2,1-4H3,(H,19,21). The van der Waals surface area contributed by atoms with Gasteiger partial charge in [-0.25, -0.2) is 4.68 Å². The molecule has 0 unspecified atom stereocenters. The van der Waals surface area contributed by atoms with E-state index in [9.17, 15) is 4.79 Å². The van der Waals surface area contributed by atoms with Crippen LogP contribution in [0.2, 0.25) is 0 Å². The summed E-state index contributed by atoms with van der Waals surface area (Å²) >= 11 is 0. The van der Waals surface area contributed by atoms with E-state index in [4.69, 9.17) is 4.74 Å². The smallest absolute Gasteiger partial charge is 0.263 e. The Labute approximate surface area is 131 Å². The van der Waals surface area contributed by atoms with E-state index in [2.05, 4.69) is 24.3 Å². The number of nitrogens with zero attached hydrogens (tertiary/aromatic N) is 2. The fourth-order valence-corrected chi connectivity index (χ4v) is 2.06. The van der Waals surface area contributed by atoms with Crippen molar-refractivity contribution in [3.8, 4) is 5.75 Å². The fourth-order valence-electron chi connectivity index (χ4n) is 2.06. The van der Waals surface area contributed by atoms with E-state index in [0.717, 1.165) is 12.1 Å². The summed E-state index contributed by atoms with van der Waals surface area (Å²) in [7, 11) is 0. The molecule has 1 aromatic heterocycles. The lowest BCUT2D eigenvalue weighted by molar-refractivity contribution is -0.118. The zero-order chi connectivity index (χ0) is 16.1. The van der Waals surface area contributed by atoms with Crippen molar-refractivity contribution in [2.45, 2.75) is 34.2 Å². The molecule has 0 spiro atoms. The zero-order valence-corrected chi connectivity index (χ0v) is 13.6. The summed E-state index contributed by atoms with van der Waals surface area (Å²) < 4.78 is 7.32. The molecule has 0 atom stereocenters. The molecule has 22 heavy (non-hydrogen) atoms. The van der Waals surface area contributed by atoms with Crippen LogP contribution in [0.15, 0.2) is 30.5 Å². The highest BCUT2D eigenvalue weighted by molar-refractivity contribution is 5.91. The van der Waals surface area contributed by atoms with Crippen molar-refractivity contribution < 1.29 is 9.53 Å². The predicted octanol–water partition coefficient (Wildman–Crippen LogP) is 3.17. The lowest BCUT2D eigenvalue weighted by Crippen LogP contribution is -2.22. The van der Waals surface area contributed by atoms with Gasteiger partial charge in [-0.05, 0) is 43.0 Å². The van der Waals surface area contributed by atoms with Crippen molar-refractivity contribution in [1.82, 2.24) is 9.78 Å². The van der Waals surface area contributed by atoms with E-state index in [1.54, 1.807) is 16.9 Å². The Morgan fingerprint density at radius 2 is 2.05 bits per heavy atom. The van der Waals surface area contributed by atoms with Gasteiger partial charge in [-0.2, -0.15) is 5.10 Å². The highest BCUT2D eigenvalue weighted by Crippen LogP contribution is 2.16. The van der Waals surface area contributed by atoms with Crippen molar-refractivity contribution in [1.29, 1.82) is 0 Å². The van der Waals surface area contributed by atoms with E-state index in [1.807, 2.05) is 32.0 Å². The predicted molar refractivity (Wildman–Crippen MR) is 87.1 cm³/mol. The van der Waals surface area contributed by atoms with Crippen LogP contribution in [0.5, 0.6) is 5.75 Å². The second-order valence-corrected chi connectivity index (χ2v) is 5.88. The van der Waals surface area contributed by atoms with E-state index in [-0.39, 0.29) is 12.5 Å². The minimum absolute atomic E-state index is 0.0185. The molecule has 0 saturated heterocycles. The fraction of sp³-hybridized carbons (Fsp3) is 0.412. The van der Waals surface area contributed by atoms with E-state index in [1.165, 1.54) is 5.56 Å². The summed E-state index contributed by atoms with van der Waals surface area (Å²) in [4.78, 5) is 12.0. The van der Waals surface area contributed by atoms with Gasteiger partial charge in [-0.3, -0.25) is 4.79 Å². The van der Waals surface area contributed by atoms with Gasteiger partial charge in [0.2, 0.25) is 0 Å². The number of hydrogen-bond donors (Lipinski definition) is 1. The lowest BCUT2D eigenvalue weighted by Gasteiger charge is -2.12. The Kier molecular flexibility index (Phi) is 5.20. The molecule has 1 aromatic carbocycles. The summed E-state index contributed by atoms with van der Waals surface area (Å²) in [6.07, 6.45) is 1.68. The number of aromatic nitrogens is 2. The maximum atomic E-state index is 12.0. The molecular weight excluding hydrogens is 278 g/mol. The minimum atomic E-state index is -0.191. The number of hydrogen-bond acceptors (Lipinski definition) is 3. The van der Waals surface area contributed by atoms with Crippen LogP contribution in [0, 0.1) is 19.8 Å². The van der Waals surface area contributed by atoms with E-state index >= 15 is 0 Å². The van der Waals surface area contributed by atoms with Gasteiger partial charge in [0, 0.05) is 12.6 Å². The van der Waals surface area contributed by atoms with Crippen molar-refractivity contribution in [2.75, 3.05) is 11.9 Å². The van der Waals surface area contributed by atoms with Gasteiger partial charge in [0.1, 0.15) is 11.6 Å². The summed E-state index contributed by atoms with van der Waals surface area (Å²) in [5.41, 5.74) is 2.35. The van der Waals surface area contributed by atoms with Crippen LogP contribution in [0.1, 0.15) is 25.0 Å². The third kappa shape index (κ3) is 4.35. The van der Waals surface area contributed by atoms with Gasteiger partial charge in [0.25, 0.3) is 5.91 Å². The van der Waals surface area contributed by atoms with Crippen LogP contribution in [0.3, 0.4) is 0 Å². The zero-order valence-electron chi connectivity index (χ0n) is 13.6. The first-order chi connectivity index (χ1) is 10.5. The minimum Gasteiger partial charge on any atom is -0.484 e. The Balaban J connectivity index is 1.90. The second-order valence-electron chi connectivity index (χ2n) is 5.88. The van der Waals surface area contributed by atoms with Crippen LogP contribution in [0.25, 0.3) is 0 Å². The summed E-state index contributed by atoms with van der Waals surface area (Å²) in [6.45, 7) is 9.02. The molecule has 1 N–H and O–H groups in total. The molecule has 1 amide bonds. The van der Waals surface area contributed by atoms with E-state index in [0.29, 0.717) is 17.5 Å². The van der Waals surface area contributed by atoms with Crippen molar-refractivity contribution in [3.05, 3.63) is 41.6 Å². The number of ether oxygens (including phenoxy) is 1. The average Bonchev–Trinajstić information content (AvgIpc) is 2.86. The number of nitrogens with one attached hydrogen (secondary N) is 1. The molecule has 0 saturated carbocycles. The SMILES string of the molecule is Cc1ccc(OCC(=O)Nc2ccnn2CC(C)C)cc1C. The summed E-state index contributed by atoms with van der Waals surface area (Å²) in [5, 5.41) is 7.04. The number of benzene rings is 1. The Morgan fingerprint density at radius 1 is 1.27 bits per heavy atom. The van der Waals surface area contributed by atoms with Gasteiger partial charge >= 0.3 is 0 Å². The molecule has 0 fully saturated rings. The molecular formula is C17H23N3O2. The number of carbonyl (C=O) groups excluding carboxylic acids is 1. The molecule has 5 nitrogen and oxygen atoms in total. The van der Waals surface area contributed by atoms with E-state index < -0.39 is 0 Å². The lowest BCUT2D eigenvalue weighted by atomic mass is 10.1. The van der Waals surface area contributed by atoms with Crippen molar-refractivity contribution in [2.24, 2.45) is 5.92 Å². The maximum Gasteiger partial charge on any atom is 0.263 e. The monoisotopic (exact) mass is 301 g/mol. The molecule has 2 aromatic rings. The number of rotatable bonds is 6. The highest BCUT2D eigenvalue weighted by atomic mass is 16.5. The highest BCUT2D eigenvalue weighted by Gasteiger charge is 2.09. The van der Waals surface area contributed by atoms with Crippen LogP contribution >= 0.6 is 0 Å². The number of amides is 1. The largest absolute Gasteiger partial charge is 0.484 e. The van der Waals surface area contributed by atoms with Gasteiger partial charge in [-0.1, -0.05) is 19.9 Å². The molecule has 0 radical (unpaired) electrons. The van der Waals surface area contributed by atoms with Crippen LogP contribution in [-0.2, 0) is 11.3 Å². The molecule has 0 aliphatic heterocycles. The third-order valence-corrected chi connectivity index (χ3v) is 3.37. The first-order valence-corrected chi connectivity index (χ1v) is 7.47. The maximum absolute atomic E-state index is 12.0. The Morgan fingerprint density at radius 3 is 2.73 bits per heavy atom. The molecule has 0 aliphatic rings. The molecule has 1 heterocycles. The normalized spacial score (nSPS) is 10.8. The third-order valence-electron chi connectivity index (χ3n) is 3.37. The van der Waals surface area contributed by atoms with Crippen LogP contribution in [0.4, 0.5) is 5.82 Å². The first kappa shape index (κ1) is 16.1. The number of carbonyl (C=O) groups is 1. The topological polar surface area (TPSA) is 56.1 Å². The Bertz CT molecular complexity index is 647. The van der Waals surface area contributed by atoms with Crippen molar-refractivity contribution in [3.63, 3.8) is 0 Å². The molecule has 118 valence electrons. The molecule has 0 bridgehead atoms. The Hall–Kier alpha value is -2.30. The van der Waals surface area contributed by atoms with Crippen LogP contribution in [-0.4, -0.2) is 22.3 Å². The quantitative estimate of drug-likeness (QED) is 0.891. The van der Waals surface area contributed by atoms with Gasteiger partial charge in [0.05, 0.1) is 6.20 Å². The molecule has 5 heteroatoms. The van der Waals surface area contributed by atoms with Crippen molar-refractivity contribution >= 4 is 11.7 Å². The average molecular weight is 301 g/mol. The van der Waals surface area contributed by atoms with Crippen LogP contribution < -0.4 is 10.1 Å². The first-order valence-electron chi connectivity index (χ1n) is 7.47. The van der Waals surface area contributed by atoms with Gasteiger partial charge in [0.15, 0.2) is 6.61 Å². The molecule has 0 aliphatic carbocycles. The summed E-state index contributed by atoms with van der Waals surface area (Å²) in [5.74, 6) is 1.67.